The molecule has 1 amide bonds. The summed E-state index contributed by atoms with van der Waals surface area (Å²) in [5.41, 5.74) is 7.60. The maximum atomic E-state index is 12.0. The molecule has 0 aliphatic rings. The first-order chi connectivity index (χ1) is 8.66. The Morgan fingerprint density at radius 2 is 2.11 bits per heavy atom. The van der Waals surface area contributed by atoms with Gasteiger partial charge in [0.1, 0.15) is 0 Å². The number of aromatic nitrogens is 1. The summed E-state index contributed by atoms with van der Waals surface area (Å²) >= 11 is 0. The number of hydrogen-bond donors (Lipinski definition) is 2. The lowest BCUT2D eigenvalue weighted by Gasteiger charge is -2.13. The molecule has 18 heavy (non-hydrogen) atoms. The smallest absolute Gasteiger partial charge is 0.251 e. The van der Waals surface area contributed by atoms with Crippen LogP contribution in [0.4, 0.5) is 5.69 Å². The average Bonchev–Trinajstić information content (AvgIpc) is 2.39. The second-order valence-electron chi connectivity index (χ2n) is 4.08. The van der Waals surface area contributed by atoms with Gasteiger partial charge in [0.25, 0.3) is 5.91 Å². The van der Waals surface area contributed by atoms with Crippen LogP contribution in [0.5, 0.6) is 0 Å². The summed E-state index contributed by atoms with van der Waals surface area (Å²) in [6.07, 6.45) is 1.71. The highest BCUT2D eigenvalue weighted by molar-refractivity contribution is 5.95. The van der Waals surface area contributed by atoms with Crippen molar-refractivity contribution in [3.05, 3.63) is 59.9 Å². The van der Waals surface area contributed by atoms with E-state index in [1.807, 2.05) is 25.1 Å². The Kier molecular flexibility index (Phi) is 3.57. The molecule has 0 bridgehead atoms. The van der Waals surface area contributed by atoms with Gasteiger partial charge in [-0.15, -0.1) is 0 Å². The summed E-state index contributed by atoms with van der Waals surface area (Å²) in [5, 5.41) is 2.88. The van der Waals surface area contributed by atoms with Crippen LogP contribution in [-0.2, 0) is 0 Å². The number of pyridine rings is 1. The lowest BCUT2D eigenvalue weighted by Crippen LogP contribution is -2.27. The van der Waals surface area contributed by atoms with Gasteiger partial charge < -0.3 is 11.1 Å². The van der Waals surface area contributed by atoms with Gasteiger partial charge in [-0.1, -0.05) is 12.1 Å². The van der Waals surface area contributed by atoms with Gasteiger partial charge in [0.05, 0.1) is 11.7 Å². The number of anilines is 1. The third-order valence-electron chi connectivity index (χ3n) is 2.63. The minimum Gasteiger partial charge on any atom is -0.399 e. The third kappa shape index (κ3) is 2.85. The quantitative estimate of drug-likeness (QED) is 0.809. The number of nitrogens with one attached hydrogen (secondary N) is 1. The van der Waals surface area contributed by atoms with Crippen molar-refractivity contribution in [2.75, 3.05) is 5.73 Å². The summed E-state index contributed by atoms with van der Waals surface area (Å²) in [7, 11) is 0. The Bertz CT molecular complexity index is 540. The predicted octanol–water partition coefficient (Wildman–Crippen LogP) is 2.15. The molecule has 3 N–H and O–H groups in total. The van der Waals surface area contributed by atoms with E-state index in [0.717, 1.165) is 5.69 Å². The van der Waals surface area contributed by atoms with E-state index in [1.54, 1.807) is 30.5 Å². The summed E-state index contributed by atoms with van der Waals surface area (Å²) in [6.45, 7) is 1.90. The number of carbonyl (C=O) groups is 1. The molecule has 1 aromatic carbocycles. The molecule has 2 aromatic rings. The fourth-order valence-electron chi connectivity index (χ4n) is 1.67. The molecule has 2 rings (SSSR count). The van der Waals surface area contributed by atoms with Crippen LogP contribution in [0.2, 0.25) is 0 Å². The van der Waals surface area contributed by atoms with Crippen LogP contribution in [0.25, 0.3) is 0 Å². The van der Waals surface area contributed by atoms with Gasteiger partial charge in [0, 0.05) is 17.4 Å². The zero-order chi connectivity index (χ0) is 13.0. The lowest BCUT2D eigenvalue weighted by atomic mass is 10.1. The molecule has 0 fully saturated rings. The van der Waals surface area contributed by atoms with Crippen molar-refractivity contribution < 1.29 is 4.79 Å². The van der Waals surface area contributed by atoms with Crippen molar-refractivity contribution in [2.24, 2.45) is 0 Å². The normalized spacial score (nSPS) is 11.8. The standard InChI is InChI=1S/C14H15N3O/c1-10(13-7-2-3-8-16-13)17-14(18)11-5-4-6-12(15)9-11/h2-10H,15H2,1H3,(H,17,18). The van der Waals surface area contributed by atoms with Gasteiger partial charge in [-0.05, 0) is 37.3 Å². The van der Waals surface area contributed by atoms with Gasteiger partial charge in [-0.25, -0.2) is 0 Å². The molecule has 1 unspecified atom stereocenters. The zero-order valence-electron chi connectivity index (χ0n) is 10.1. The Morgan fingerprint density at radius 3 is 2.78 bits per heavy atom. The molecular formula is C14H15N3O. The molecule has 0 spiro atoms. The van der Waals surface area contributed by atoms with Crippen LogP contribution in [0.3, 0.4) is 0 Å². The molecule has 1 heterocycles. The Morgan fingerprint density at radius 1 is 1.28 bits per heavy atom. The van der Waals surface area contributed by atoms with Crippen LogP contribution < -0.4 is 11.1 Å². The summed E-state index contributed by atoms with van der Waals surface area (Å²) in [5.74, 6) is -0.152. The SMILES string of the molecule is CC(NC(=O)c1cccc(N)c1)c1ccccn1. The summed E-state index contributed by atoms with van der Waals surface area (Å²) in [6, 6.07) is 12.4. The van der Waals surface area contributed by atoms with Crippen LogP contribution >= 0.6 is 0 Å². The Labute approximate surface area is 106 Å². The molecule has 0 saturated heterocycles. The number of hydrogen-bond acceptors (Lipinski definition) is 3. The minimum absolute atomic E-state index is 0.139. The van der Waals surface area contributed by atoms with E-state index in [-0.39, 0.29) is 11.9 Å². The molecule has 4 nitrogen and oxygen atoms in total. The van der Waals surface area contributed by atoms with Crippen LogP contribution in [0.1, 0.15) is 29.0 Å². The lowest BCUT2D eigenvalue weighted by molar-refractivity contribution is 0.0939. The highest BCUT2D eigenvalue weighted by Gasteiger charge is 2.11. The van der Waals surface area contributed by atoms with E-state index in [1.165, 1.54) is 0 Å². The fourth-order valence-corrected chi connectivity index (χ4v) is 1.67. The topological polar surface area (TPSA) is 68.0 Å². The molecule has 0 aliphatic carbocycles. The summed E-state index contributed by atoms with van der Waals surface area (Å²) < 4.78 is 0. The second kappa shape index (κ2) is 5.31. The van der Waals surface area contributed by atoms with E-state index in [0.29, 0.717) is 11.3 Å². The maximum absolute atomic E-state index is 12.0. The molecule has 0 saturated carbocycles. The highest BCUT2D eigenvalue weighted by Crippen LogP contribution is 2.11. The molecule has 4 heteroatoms. The van der Waals surface area contributed by atoms with Crippen molar-refractivity contribution in [1.29, 1.82) is 0 Å². The van der Waals surface area contributed by atoms with Crippen LogP contribution in [-0.4, -0.2) is 10.9 Å². The van der Waals surface area contributed by atoms with Gasteiger partial charge in [-0.2, -0.15) is 0 Å². The van der Waals surface area contributed by atoms with E-state index < -0.39 is 0 Å². The van der Waals surface area contributed by atoms with Crippen molar-refractivity contribution in [3.8, 4) is 0 Å². The first-order valence-electron chi connectivity index (χ1n) is 5.74. The predicted molar refractivity (Wildman–Crippen MR) is 71.0 cm³/mol. The van der Waals surface area contributed by atoms with Gasteiger partial charge in [0.15, 0.2) is 0 Å². The number of carbonyl (C=O) groups excluding carboxylic acids is 1. The van der Waals surface area contributed by atoms with Crippen molar-refractivity contribution in [2.45, 2.75) is 13.0 Å². The molecule has 0 radical (unpaired) electrons. The van der Waals surface area contributed by atoms with E-state index in [2.05, 4.69) is 10.3 Å². The fraction of sp³-hybridized carbons (Fsp3) is 0.143. The highest BCUT2D eigenvalue weighted by atomic mass is 16.1. The van der Waals surface area contributed by atoms with Crippen molar-refractivity contribution in [3.63, 3.8) is 0 Å². The number of nitrogens with two attached hydrogens (primary N) is 1. The second-order valence-corrected chi connectivity index (χ2v) is 4.08. The van der Waals surface area contributed by atoms with E-state index in [9.17, 15) is 4.79 Å². The Balaban J connectivity index is 2.08. The van der Waals surface area contributed by atoms with Crippen molar-refractivity contribution >= 4 is 11.6 Å². The first-order valence-corrected chi connectivity index (χ1v) is 5.74. The largest absolute Gasteiger partial charge is 0.399 e. The zero-order valence-corrected chi connectivity index (χ0v) is 10.1. The van der Waals surface area contributed by atoms with Crippen LogP contribution in [0.15, 0.2) is 48.7 Å². The van der Waals surface area contributed by atoms with Crippen LogP contribution in [0, 0.1) is 0 Å². The Hall–Kier alpha value is -2.36. The van der Waals surface area contributed by atoms with Gasteiger partial charge in [0.2, 0.25) is 0 Å². The minimum atomic E-state index is -0.152. The number of amides is 1. The number of benzene rings is 1. The number of nitrogens with zero attached hydrogens (tertiary/aromatic N) is 1. The molecular weight excluding hydrogens is 226 g/mol. The molecule has 1 atom stereocenters. The molecule has 1 aromatic heterocycles. The van der Waals surface area contributed by atoms with E-state index >= 15 is 0 Å². The number of nitrogen functional groups attached to an aromatic ring is 1. The van der Waals surface area contributed by atoms with Gasteiger partial charge in [-0.3, -0.25) is 9.78 Å². The monoisotopic (exact) mass is 241 g/mol. The van der Waals surface area contributed by atoms with Crippen molar-refractivity contribution in [1.82, 2.24) is 10.3 Å². The number of rotatable bonds is 3. The van der Waals surface area contributed by atoms with Gasteiger partial charge >= 0.3 is 0 Å². The molecule has 0 aliphatic heterocycles. The average molecular weight is 241 g/mol. The first kappa shape index (κ1) is 12.1. The summed E-state index contributed by atoms with van der Waals surface area (Å²) in [4.78, 5) is 16.2. The van der Waals surface area contributed by atoms with E-state index in [4.69, 9.17) is 5.73 Å². The third-order valence-corrected chi connectivity index (χ3v) is 2.63. The maximum Gasteiger partial charge on any atom is 0.251 e. The molecule has 92 valence electrons.